The quantitative estimate of drug-likeness (QED) is 0.656. The third-order valence-electron chi connectivity index (χ3n) is 2.31. The Hall–Kier alpha value is -1.68. The van der Waals surface area contributed by atoms with E-state index in [4.69, 9.17) is 22.1 Å². The fraction of sp³-hybridized carbons (Fsp3) is 0.250. The summed E-state index contributed by atoms with van der Waals surface area (Å²) in [6, 6.07) is 7.47. The molecule has 0 aliphatic rings. The first kappa shape index (κ1) is 11.8. The topological polar surface area (TPSA) is 53.1 Å². The van der Waals surface area contributed by atoms with Crippen molar-refractivity contribution in [2.45, 2.75) is 13.0 Å². The molecule has 90 valence electrons. The highest BCUT2D eigenvalue weighted by Gasteiger charge is 1.99. The van der Waals surface area contributed by atoms with Gasteiger partial charge in [0.1, 0.15) is 5.75 Å². The Kier molecular flexibility index (Phi) is 3.88. The zero-order valence-corrected chi connectivity index (χ0v) is 10.1. The number of anilines is 1. The van der Waals surface area contributed by atoms with Crippen molar-refractivity contribution in [2.24, 2.45) is 0 Å². The Morgan fingerprint density at radius 2 is 2.18 bits per heavy atom. The van der Waals surface area contributed by atoms with Gasteiger partial charge in [-0.15, -0.1) is 0 Å². The van der Waals surface area contributed by atoms with E-state index in [0.717, 1.165) is 18.7 Å². The van der Waals surface area contributed by atoms with Gasteiger partial charge < -0.3 is 10.5 Å². The fourth-order valence-corrected chi connectivity index (χ4v) is 1.64. The zero-order chi connectivity index (χ0) is 12.1. The average Bonchev–Trinajstić information content (AvgIpc) is 2.73. The number of nitrogen functional groups attached to an aromatic ring is 1. The standard InChI is InChI=1S/C12H14ClN3O/c13-10-8-15-16(9-10)6-3-7-17-12-5-2-1-4-11(12)14/h1-2,4-5,8-9H,3,6-7,14H2. The smallest absolute Gasteiger partial charge is 0.142 e. The van der Waals surface area contributed by atoms with E-state index < -0.39 is 0 Å². The van der Waals surface area contributed by atoms with Gasteiger partial charge in [-0.3, -0.25) is 4.68 Å². The molecule has 1 aromatic carbocycles. The Morgan fingerprint density at radius 1 is 1.35 bits per heavy atom. The van der Waals surface area contributed by atoms with E-state index in [0.29, 0.717) is 17.3 Å². The second-order valence-corrected chi connectivity index (χ2v) is 4.10. The number of aryl methyl sites for hydroxylation is 1. The lowest BCUT2D eigenvalue weighted by Crippen LogP contribution is -2.05. The summed E-state index contributed by atoms with van der Waals surface area (Å²) in [4.78, 5) is 0. The molecule has 2 rings (SSSR count). The lowest BCUT2D eigenvalue weighted by molar-refractivity contribution is 0.300. The molecule has 0 saturated carbocycles. The van der Waals surface area contributed by atoms with Gasteiger partial charge in [-0.1, -0.05) is 23.7 Å². The van der Waals surface area contributed by atoms with Crippen LogP contribution in [0, 0.1) is 0 Å². The number of rotatable bonds is 5. The van der Waals surface area contributed by atoms with Gasteiger partial charge in [0.05, 0.1) is 23.5 Å². The predicted octanol–water partition coefficient (Wildman–Crippen LogP) is 2.59. The van der Waals surface area contributed by atoms with Gasteiger partial charge in [0.2, 0.25) is 0 Å². The van der Waals surface area contributed by atoms with Crippen LogP contribution in [0.15, 0.2) is 36.7 Å². The van der Waals surface area contributed by atoms with Gasteiger partial charge in [0.25, 0.3) is 0 Å². The monoisotopic (exact) mass is 251 g/mol. The zero-order valence-electron chi connectivity index (χ0n) is 9.34. The third kappa shape index (κ3) is 3.39. The second-order valence-electron chi connectivity index (χ2n) is 3.66. The van der Waals surface area contributed by atoms with E-state index in [-0.39, 0.29) is 0 Å². The van der Waals surface area contributed by atoms with E-state index in [1.807, 2.05) is 24.3 Å². The first-order chi connectivity index (χ1) is 8.25. The van der Waals surface area contributed by atoms with Crippen LogP contribution in [0.1, 0.15) is 6.42 Å². The van der Waals surface area contributed by atoms with Crippen LogP contribution in [0.25, 0.3) is 0 Å². The van der Waals surface area contributed by atoms with Crippen LogP contribution in [0.5, 0.6) is 5.75 Å². The molecule has 0 fully saturated rings. The third-order valence-corrected chi connectivity index (χ3v) is 2.51. The minimum atomic E-state index is 0.603. The van der Waals surface area contributed by atoms with Crippen LogP contribution in [0.3, 0.4) is 0 Å². The summed E-state index contributed by atoms with van der Waals surface area (Å²) in [6.07, 6.45) is 4.27. The largest absolute Gasteiger partial charge is 0.491 e. The molecule has 0 aliphatic heterocycles. The fourth-order valence-electron chi connectivity index (χ4n) is 1.48. The SMILES string of the molecule is Nc1ccccc1OCCCn1cc(Cl)cn1. The molecule has 4 nitrogen and oxygen atoms in total. The van der Waals surface area contributed by atoms with E-state index in [9.17, 15) is 0 Å². The number of halogens is 1. The number of aromatic nitrogens is 2. The van der Waals surface area contributed by atoms with Crippen molar-refractivity contribution >= 4 is 17.3 Å². The van der Waals surface area contributed by atoms with Gasteiger partial charge >= 0.3 is 0 Å². The molecule has 0 amide bonds. The van der Waals surface area contributed by atoms with Gasteiger partial charge in [0, 0.05) is 19.2 Å². The first-order valence-corrected chi connectivity index (χ1v) is 5.79. The molecule has 2 aromatic rings. The molecule has 5 heteroatoms. The molecule has 0 spiro atoms. The van der Waals surface area contributed by atoms with E-state index in [2.05, 4.69) is 5.10 Å². The predicted molar refractivity (Wildman–Crippen MR) is 68.2 cm³/mol. The molecule has 1 heterocycles. The number of ether oxygens (including phenoxy) is 1. The number of nitrogens with zero attached hydrogens (tertiary/aromatic N) is 2. The van der Waals surface area contributed by atoms with E-state index in [1.54, 1.807) is 17.1 Å². The molecule has 0 saturated heterocycles. The second kappa shape index (κ2) is 5.59. The lowest BCUT2D eigenvalue weighted by Gasteiger charge is -2.08. The van der Waals surface area contributed by atoms with Crippen LogP contribution in [-0.4, -0.2) is 16.4 Å². The molecule has 2 N–H and O–H groups in total. The Labute approximate surface area is 105 Å². The molecule has 0 bridgehead atoms. The number of hydrogen-bond acceptors (Lipinski definition) is 3. The van der Waals surface area contributed by atoms with Crippen molar-refractivity contribution in [1.82, 2.24) is 9.78 Å². The molecule has 0 aliphatic carbocycles. The van der Waals surface area contributed by atoms with Crippen LogP contribution in [-0.2, 0) is 6.54 Å². The minimum absolute atomic E-state index is 0.603. The highest BCUT2D eigenvalue weighted by molar-refractivity contribution is 6.30. The number of nitrogens with two attached hydrogens (primary N) is 1. The van der Waals surface area contributed by atoms with E-state index in [1.165, 1.54) is 0 Å². The summed E-state index contributed by atoms with van der Waals surface area (Å²) in [6.45, 7) is 1.38. The Bertz CT molecular complexity index is 484. The molecule has 17 heavy (non-hydrogen) atoms. The van der Waals surface area contributed by atoms with Crippen molar-refractivity contribution in [3.8, 4) is 5.75 Å². The van der Waals surface area contributed by atoms with Crippen LogP contribution in [0.4, 0.5) is 5.69 Å². The molecule has 0 unspecified atom stereocenters. The number of hydrogen-bond donors (Lipinski definition) is 1. The molecule has 1 aromatic heterocycles. The molecular formula is C12H14ClN3O. The molecule has 0 atom stereocenters. The molecule has 0 radical (unpaired) electrons. The van der Waals surface area contributed by atoms with Crippen molar-refractivity contribution in [2.75, 3.05) is 12.3 Å². The lowest BCUT2D eigenvalue weighted by atomic mass is 10.3. The highest BCUT2D eigenvalue weighted by atomic mass is 35.5. The summed E-state index contributed by atoms with van der Waals surface area (Å²) in [7, 11) is 0. The maximum atomic E-state index is 5.76. The summed E-state index contributed by atoms with van der Waals surface area (Å²) >= 11 is 5.76. The van der Waals surface area contributed by atoms with Gasteiger partial charge in [-0.2, -0.15) is 5.10 Å². The maximum absolute atomic E-state index is 5.76. The minimum Gasteiger partial charge on any atom is -0.491 e. The summed E-state index contributed by atoms with van der Waals surface area (Å²) < 4.78 is 7.36. The first-order valence-electron chi connectivity index (χ1n) is 5.41. The normalized spacial score (nSPS) is 10.4. The molecular weight excluding hydrogens is 238 g/mol. The van der Waals surface area contributed by atoms with E-state index >= 15 is 0 Å². The van der Waals surface area contributed by atoms with Crippen LogP contribution in [0.2, 0.25) is 5.02 Å². The van der Waals surface area contributed by atoms with Gasteiger partial charge in [-0.05, 0) is 12.1 Å². The summed E-state index contributed by atoms with van der Waals surface area (Å²) in [5.74, 6) is 0.728. The number of para-hydroxylation sites is 2. The van der Waals surface area contributed by atoms with Crippen molar-refractivity contribution in [3.05, 3.63) is 41.7 Å². The Morgan fingerprint density at radius 3 is 2.88 bits per heavy atom. The van der Waals surface area contributed by atoms with Gasteiger partial charge in [-0.25, -0.2) is 0 Å². The van der Waals surface area contributed by atoms with Crippen LogP contribution < -0.4 is 10.5 Å². The average molecular weight is 252 g/mol. The highest BCUT2D eigenvalue weighted by Crippen LogP contribution is 2.19. The summed E-state index contributed by atoms with van der Waals surface area (Å²) in [5, 5.41) is 4.73. The van der Waals surface area contributed by atoms with Crippen molar-refractivity contribution in [3.63, 3.8) is 0 Å². The maximum Gasteiger partial charge on any atom is 0.142 e. The number of benzene rings is 1. The summed E-state index contributed by atoms with van der Waals surface area (Å²) in [5.41, 5.74) is 6.42. The van der Waals surface area contributed by atoms with Crippen LogP contribution >= 0.6 is 11.6 Å². The van der Waals surface area contributed by atoms with Crippen molar-refractivity contribution in [1.29, 1.82) is 0 Å². The Balaban J connectivity index is 1.75. The van der Waals surface area contributed by atoms with Gasteiger partial charge in [0.15, 0.2) is 0 Å². The van der Waals surface area contributed by atoms with Crippen molar-refractivity contribution < 1.29 is 4.74 Å².